The van der Waals surface area contributed by atoms with Crippen molar-refractivity contribution in [3.8, 4) is 46.3 Å². The molecule has 0 bridgehead atoms. The van der Waals surface area contributed by atoms with Gasteiger partial charge in [-0.3, -0.25) is 29.0 Å². The van der Waals surface area contributed by atoms with Crippen LogP contribution in [0.4, 0.5) is 68.6 Å². The Morgan fingerprint density at radius 2 is 0.923 bits per heavy atom. The van der Waals surface area contributed by atoms with Gasteiger partial charge in [0.15, 0.2) is 28.9 Å². The van der Waals surface area contributed by atoms with E-state index in [1.54, 1.807) is 39.3 Å². The number of aryl methyl sites for hydroxylation is 3. The van der Waals surface area contributed by atoms with Crippen LogP contribution in [0.15, 0.2) is 120 Å². The fraction of sp³-hybridized carbons (Fsp3) is 0.133. The van der Waals surface area contributed by atoms with Gasteiger partial charge in [-0.25, -0.2) is 29.9 Å². The number of hydrogen-bond acceptors (Lipinski definition) is 19. The third-order valence-electron chi connectivity index (χ3n) is 9.75. The van der Waals surface area contributed by atoms with Crippen LogP contribution in [-0.4, -0.2) is 85.2 Å². The largest absolute Gasteiger partial charge is 0.417 e. The first-order chi connectivity index (χ1) is 36.8. The zero-order chi connectivity index (χ0) is 57.0. The maximum absolute atomic E-state index is 12.6. The van der Waals surface area contributed by atoms with Gasteiger partial charge < -0.3 is 27.3 Å². The molecule has 0 aromatic carbocycles. The standard InChI is InChI=1S/C15H13F3N8O.C15H10F3N7.C10H9F3N4.C5H2BrN3/c1-26-11(9-3-2-8(5-20-9)15(16,17)18)4-12(24-26)23-13-7-21-10(6-22-13)14(19)25-27;1-25-12(11-3-2-9(6-21-11)15(16,17)18)4-13(24-25)23-14-8-20-10(5-19)7-22-14;1-17-8(4-9(14)16-17)7-3-2-6(5-15-7)10(11,12)13;6-5-3-8-4(1-7)2-9-5/h2-7,27H,1H3,(H2,19,25)(H,22,23,24);2-4,6-8H,1H3,(H,22,23,24);2-5H,1H3,(H2,14,16);2-3H. The summed E-state index contributed by atoms with van der Waals surface area (Å²) in [7, 11) is 4.92. The number of pyridine rings is 3. The summed E-state index contributed by atoms with van der Waals surface area (Å²) in [6.07, 6.45) is -2.67. The Labute approximate surface area is 441 Å². The van der Waals surface area contributed by atoms with Crippen LogP contribution in [0.3, 0.4) is 0 Å². The Balaban J connectivity index is 0.000000178. The second-order valence-corrected chi connectivity index (χ2v) is 16.0. The second kappa shape index (κ2) is 24.4. The molecule has 33 heteroatoms. The van der Waals surface area contributed by atoms with Crippen molar-refractivity contribution < 1.29 is 44.7 Å². The van der Waals surface area contributed by atoms with Gasteiger partial charge in [0, 0.05) is 57.9 Å². The van der Waals surface area contributed by atoms with Crippen LogP contribution in [0.1, 0.15) is 33.8 Å². The summed E-state index contributed by atoms with van der Waals surface area (Å²) in [5.74, 6) is 1.64. The highest BCUT2D eigenvalue weighted by molar-refractivity contribution is 9.10. The molecule has 0 amide bonds. The number of oxime groups is 1. The number of nitriles is 2. The van der Waals surface area contributed by atoms with E-state index >= 15 is 0 Å². The average Bonchev–Trinajstić information content (AvgIpc) is 4.11. The van der Waals surface area contributed by atoms with Crippen LogP contribution < -0.4 is 22.1 Å². The molecule has 0 aliphatic carbocycles. The minimum Gasteiger partial charge on any atom is -0.409 e. The van der Waals surface area contributed by atoms with Gasteiger partial charge in [-0.2, -0.15) is 65.3 Å². The zero-order valence-corrected chi connectivity index (χ0v) is 41.4. The van der Waals surface area contributed by atoms with Gasteiger partial charge in [-0.05, 0) is 52.3 Å². The van der Waals surface area contributed by atoms with Crippen molar-refractivity contribution in [1.82, 2.24) is 74.2 Å². The first-order valence-corrected chi connectivity index (χ1v) is 22.1. The number of halogens is 10. The number of hydrogen-bond donors (Lipinski definition) is 5. The number of amidine groups is 1. The molecule has 0 aliphatic heterocycles. The summed E-state index contributed by atoms with van der Waals surface area (Å²) in [5.41, 5.74) is 11.8. The van der Waals surface area contributed by atoms with Gasteiger partial charge in [0.05, 0.1) is 88.0 Å². The first kappa shape index (κ1) is 57.1. The van der Waals surface area contributed by atoms with Gasteiger partial charge in [0.25, 0.3) is 0 Å². The Bertz CT molecular complexity index is 3550. The smallest absolute Gasteiger partial charge is 0.409 e. The van der Waals surface area contributed by atoms with Crippen molar-refractivity contribution in [3.63, 3.8) is 0 Å². The predicted octanol–water partition coefficient (Wildman–Crippen LogP) is 8.23. The SMILES string of the molecule is Cn1nc(N)cc1-c1ccc(C(F)(F)F)cn1.Cn1nc(Nc2cnc(/C(N)=N/O)cn2)cc1-c1ccc(C(F)(F)F)cn1.Cn1nc(Nc2cnc(C#N)cn2)cc1-c1ccc(C(F)(F)F)cn1.N#Cc1cnc(Br)cn1. The lowest BCUT2D eigenvalue weighted by Gasteiger charge is -2.06. The molecule has 23 nitrogen and oxygen atoms in total. The molecule has 0 atom stereocenters. The highest BCUT2D eigenvalue weighted by atomic mass is 79.9. The predicted molar refractivity (Wildman–Crippen MR) is 261 cm³/mol. The van der Waals surface area contributed by atoms with Crippen LogP contribution >= 0.6 is 15.9 Å². The number of nitrogens with zero attached hydrogens (tertiary/aromatic N) is 18. The molecule has 7 N–H and O–H groups in total. The molecular weight excluding hydrogens is 1120 g/mol. The highest BCUT2D eigenvalue weighted by Gasteiger charge is 2.32. The molecular formula is C45H34BrF9N22O. The minimum absolute atomic E-state index is 0.178. The monoisotopic (exact) mass is 1150 g/mol. The Morgan fingerprint density at radius 1 is 0.526 bits per heavy atom. The van der Waals surface area contributed by atoms with Crippen LogP contribution in [0.2, 0.25) is 0 Å². The molecule has 400 valence electrons. The summed E-state index contributed by atoms with van der Waals surface area (Å²) in [6, 6.07) is 15.2. The lowest BCUT2D eigenvalue weighted by atomic mass is 10.2. The van der Waals surface area contributed by atoms with E-state index in [-0.39, 0.29) is 17.2 Å². The fourth-order valence-electron chi connectivity index (χ4n) is 6.06. The van der Waals surface area contributed by atoms with E-state index in [2.05, 4.69) is 91.9 Å². The molecule has 0 radical (unpaired) electrons. The van der Waals surface area contributed by atoms with Crippen molar-refractivity contribution in [1.29, 1.82) is 10.5 Å². The van der Waals surface area contributed by atoms with E-state index in [1.807, 2.05) is 12.1 Å². The molecule has 0 fully saturated rings. The number of alkyl halides is 9. The van der Waals surface area contributed by atoms with Crippen LogP contribution in [-0.2, 0) is 39.7 Å². The molecule has 78 heavy (non-hydrogen) atoms. The summed E-state index contributed by atoms with van der Waals surface area (Å²) in [6.45, 7) is 0. The van der Waals surface area contributed by atoms with E-state index in [9.17, 15) is 39.5 Å². The molecule has 0 saturated heterocycles. The Hall–Kier alpha value is -10.2. The highest BCUT2D eigenvalue weighted by Crippen LogP contribution is 2.33. The van der Waals surface area contributed by atoms with Crippen molar-refractivity contribution in [2.45, 2.75) is 18.5 Å². The van der Waals surface area contributed by atoms with E-state index < -0.39 is 35.2 Å². The van der Waals surface area contributed by atoms with Gasteiger partial charge >= 0.3 is 18.5 Å². The Kier molecular flexibility index (Phi) is 17.9. The topological polar surface area (TPSA) is 326 Å². The number of nitrogens with one attached hydrogen (secondary N) is 2. The lowest BCUT2D eigenvalue weighted by Crippen LogP contribution is -2.15. The van der Waals surface area contributed by atoms with Crippen LogP contribution in [0.5, 0.6) is 0 Å². The molecule has 0 spiro atoms. The van der Waals surface area contributed by atoms with Gasteiger partial charge in [0.2, 0.25) is 0 Å². The van der Waals surface area contributed by atoms with Crippen molar-refractivity contribution in [2.24, 2.45) is 32.0 Å². The number of nitrogen functional groups attached to an aromatic ring is 1. The summed E-state index contributed by atoms with van der Waals surface area (Å²) in [5, 5.41) is 46.5. The number of anilines is 5. The molecule has 0 aliphatic rings. The Morgan fingerprint density at radius 3 is 1.23 bits per heavy atom. The molecule has 0 unspecified atom stereocenters. The van der Waals surface area contributed by atoms with E-state index in [0.29, 0.717) is 73.6 Å². The van der Waals surface area contributed by atoms with Gasteiger partial charge in [-0.1, -0.05) is 5.16 Å². The molecule has 9 rings (SSSR count). The molecule has 9 aromatic heterocycles. The second-order valence-electron chi connectivity index (χ2n) is 15.2. The first-order valence-electron chi connectivity index (χ1n) is 21.3. The molecule has 0 saturated carbocycles. The summed E-state index contributed by atoms with van der Waals surface area (Å²) >= 11 is 3.09. The minimum atomic E-state index is -4.44. The molecule has 9 heterocycles. The normalized spacial score (nSPS) is 11.3. The van der Waals surface area contributed by atoms with Crippen LogP contribution in [0, 0.1) is 22.7 Å². The zero-order valence-electron chi connectivity index (χ0n) is 39.8. The molecule has 9 aromatic rings. The van der Waals surface area contributed by atoms with E-state index in [4.69, 9.17) is 27.2 Å². The van der Waals surface area contributed by atoms with Crippen molar-refractivity contribution in [3.05, 3.63) is 149 Å². The summed E-state index contributed by atoms with van der Waals surface area (Å²) in [4.78, 5) is 34.9. The van der Waals surface area contributed by atoms with Crippen molar-refractivity contribution in [2.75, 3.05) is 16.4 Å². The fourth-order valence-corrected chi connectivity index (χ4v) is 6.27. The maximum Gasteiger partial charge on any atom is 0.417 e. The van der Waals surface area contributed by atoms with Gasteiger partial charge in [0.1, 0.15) is 39.9 Å². The third kappa shape index (κ3) is 15.4. The lowest BCUT2D eigenvalue weighted by molar-refractivity contribution is -0.138. The number of nitrogens with two attached hydrogens (primary N) is 2. The van der Waals surface area contributed by atoms with Gasteiger partial charge in [-0.15, -0.1) is 0 Å². The third-order valence-corrected chi connectivity index (χ3v) is 10.2. The average molecular weight is 1150 g/mol. The number of aromatic nitrogens is 15. The van der Waals surface area contributed by atoms with Crippen LogP contribution in [0.25, 0.3) is 34.2 Å². The van der Waals surface area contributed by atoms with E-state index in [1.165, 1.54) is 69.4 Å². The summed E-state index contributed by atoms with van der Waals surface area (Å²) < 4.78 is 118. The van der Waals surface area contributed by atoms with Crippen molar-refractivity contribution >= 4 is 50.9 Å². The maximum atomic E-state index is 12.6. The quantitative estimate of drug-likeness (QED) is 0.0314. The van der Waals surface area contributed by atoms with E-state index in [0.717, 1.165) is 36.8 Å². The number of rotatable bonds is 8.